The summed E-state index contributed by atoms with van der Waals surface area (Å²) in [6, 6.07) is 13.1. The highest BCUT2D eigenvalue weighted by Crippen LogP contribution is 2.33. The maximum absolute atomic E-state index is 12.9. The van der Waals surface area contributed by atoms with E-state index in [1.807, 2.05) is 18.2 Å². The molecule has 0 aromatic heterocycles. The summed E-state index contributed by atoms with van der Waals surface area (Å²) in [6.45, 7) is 1.69. The van der Waals surface area contributed by atoms with Crippen molar-refractivity contribution in [1.29, 1.82) is 0 Å². The van der Waals surface area contributed by atoms with Crippen LogP contribution in [-0.2, 0) is 4.79 Å². The topological polar surface area (TPSA) is 79.5 Å². The molecule has 7 heteroatoms. The summed E-state index contributed by atoms with van der Waals surface area (Å²) in [5.74, 6) is 0.244. The molecule has 0 unspecified atom stereocenters. The lowest BCUT2D eigenvalue weighted by Gasteiger charge is -2.29. The molecule has 0 saturated carbocycles. The molecule has 0 fully saturated rings. The molecule has 2 aromatic carbocycles. The fraction of sp³-hybridized carbons (Fsp3) is 0.158. The molecule has 3 rings (SSSR count). The van der Waals surface area contributed by atoms with E-state index < -0.39 is 6.04 Å². The number of amides is 3. The lowest BCUT2D eigenvalue weighted by atomic mass is 9.94. The Morgan fingerprint density at radius 1 is 1.19 bits per heavy atom. The molecule has 0 bridgehead atoms. The Kier molecular flexibility index (Phi) is 5.14. The SMILES string of the molecule is COc1ccccc1[C@H]1NC(=O)NC(C)=C1C(=O)Nc1cccc(Cl)c1. The van der Waals surface area contributed by atoms with Crippen molar-refractivity contribution in [2.24, 2.45) is 0 Å². The van der Waals surface area contributed by atoms with Gasteiger partial charge in [0.15, 0.2) is 0 Å². The molecule has 1 atom stereocenters. The molecular weight excluding hydrogens is 354 g/mol. The van der Waals surface area contributed by atoms with Crippen molar-refractivity contribution < 1.29 is 14.3 Å². The van der Waals surface area contributed by atoms with Gasteiger partial charge in [-0.1, -0.05) is 35.9 Å². The van der Waals surface area contributed by atoms with Gasteiger partial charge in [-0.3, -0.25) is 4.79 Å². The number of carbonyl (C=O) groups is 2. The first-order valence-corrected chi connectivity index (χ1v) is 8.35. The lowest BCUT2D eigenvalue weighted by Crippen LogP contribution is -2.46. The number of nitrogens with one attached hydrogen (secondary N) is 3. The van der Waals surface area contributed by atoms with Crippen molar-refractivity contribution in [2.45, 2.75) is 13.0 Å². The number of rotatable bonds is 4. The molecule has 0 spiro atoms. The zero-order chi connectivity index (χ0) is 18.7. The van der Waals surface area contributed by atoms with Gasteiger partial charge in [0.2, 0.25) is 0 Å². The largest absolute Gasteiger partial charge is 0.496 e. The molecular formula is C19H18ClN3O3. The van der Waals surface area contributed by atoms with Crippen LogP contribution in [0.2, 0.25) is 5.02 Å². The molecule has 1 aliphatic rings. The molecule has 0 saturated heterocycles. The molecule has 134 valence electrons. The third-order valence-corrected chi connectivity index (χ3v) is 4.28. The van der Waals surface area contributed by atoms with Gasteiger partial charge in [-0.05, 0) is 31.2 Å². The zero-order valence-electron chi connectivity index (χ0n) is 14.3. The first kappa shape index (κ1) is 17.8. The predicted molar refractivity (Wildman–Crippen MR) is 100 cm³/mol. The van der Waals surface area contributed by atoms with E-state index in [1.54, 1.807) is 44.4 Å². The van der Waals surface area contributed by atoms with Gasteiger partial charge in [-0.2, -0.15) is 0 Å². The standard InChI is InChI=1S/C19H18ClN3O3/c1-11-16(18(24)22-13-7-5-6-12(20)10-13)17(23-19(25)21-11)14-8-3-4-9-15(14)26-2/h3-10,17H,1-2H3,(H,22,24)(H2,21,23,25)/t17-/m1/s1. The predicted octanol–water partition coefficient (Wildman–Crippen LogP) is 3.62. The fourth-order valence-electron chi connectivity index (χ4n) is 2.90. The van der Waals surface area contributed by atoms with Crippen LogP contribution in [0.4, 0.5) is 10.5 Å². The maximum Gasteiger partial charge on any atom is 0.319 e. The van der Waals surface area contributed by atoms with Gasteiger partial charge in [0.25, 0.3) is 5.91 Å². The van der Waals surface area contributed by atoms with E-state index in [0.717, 1.165) is 0 Å². The minimum absolute atomic E-state index is 0.340. The number of benzene rings is 2. The van der Waals surface area contributed by atoms with Gasteiger partial charge in [0, 0.05) is 22.0 Å². The number of halogens is 1. The minimum atomic E-state index is -0.640. The van der Waals surface area contributed by atoms with Gasteiger partial charge in [0.1, 0.15) is 5.75 Å². The van der Waals surface area contributed by atoms with Crippen molar-refractivity contribution in [3.63, 3.8) is 0 Å². The second-order valence-corrected chi connectivity index (χ2v) is 6.21. The van der Waals surface area contributed by atoms with Crippen LogP contribution >= 0.6 is 11.6 Å². The Labute approximate surface area is 156 Å². The number of carbonyl (C=O) groups excluding carboxylic acids is 2. The average Bonchev–Trinajstić information content (AvgIpc) is 2.60. The van der Waals surface area contributed by atoms with E-state index in [-0.39, 0.29) is 11.9 Å². The van der Waals surface area contributed by atoms with Crippen molar-refractivity contribution in [3.8, 4) is 5.75 Å². The Hall–Kier alpha value is -2.99. The highest BCUT2D eigenvalue weighted by Gasteiger charge is 2.32. The molecule has 1 heterocycles. The monoisotopic (exact) mass is 371 g/mol. The van der Waals surface area contributed by atoms with Crippen LogP contribution < -0.4 is 20.7 Å². The Morgan fingerprint density at radius 2 is 1.96 bits per heavy atom. The molecule has 1 aliphatic heterocycles. The van der Waals surface area contributed by atoms with Gasteiger partial charge in [-0.25, -0.2) is 4.79 Å². The fourth-order valence-corrected chi connectivity index (χ4v) is 3.09. The van der Waals surface area contributed by atoms with Crippen LogP contribution in [-0.4, -0.2) is 19.0 Å². The van der Waals surface area contributed by atoms with Crippen LogP contribution in [0.3, 0.4) is 0 Å². The van der Waals surface area contributed by atoms with Gasteiger partial charge in [0.05, 0.1) is 18.7 Å². The maximum atomic E-state index is 12.9. The lowest BCUT2D eigenvalue weighted by molar-refractivity contribution is -0.113. The number of methoxy groups -OCH3 is 1. The van der Waals surface area contributed by atoms with E-state index in [1.165, 1.54) is 0 Å². The molecule has 3 N–H and O–H groups in total. The number of para-hydroxylation sites is 1. The van der Waals surface area contributed by atoms with E-state index in [0.29, 0.717) is 33.3 Å². The summed E-state index contributed by atoms with van der Waals surface area (Å²) in [5, 5.41) is 8.78. The summed E-state index contributed by atoms with van der Waals surface area (Å²) in [7, 11) is 1.55. The van der Waals surface area contributed by atoms with Crippen molar-refractivity contribution >= 4 is 29.2 Å². The summed E-state index contributed by atoms with van der Waals surface area (Å²) < 4.78 is 5.39. The van der Waals surface area contributed by atoms with Crippen LogP contribution in [0.25, 0.3) is 0 Å². The van der Waals surface area contributed by atoms with Gasteiger partial charge < -0.3 is 20.7 Å². The highest BCUT2D eigenvalue weighted by molar-refractivity contribution is 6.31. The first-order valence-electron chi connectivity index (χ1n) is 7.97. The molecule has 0 aliphatic carbocycles. The highest BCUT2D eigenvalue weighted by atomic mass is 35.5. The summed E-state index contributed by atoms with van der Waals surface area (Å²) >= 11 is 5.98. The van der Waals surface area contributed by atoms with Crippen LogP contribution in [0.15, 0.2) is 59.8 Å². The van der Waals surface area contributed by atoms with E-state index >= 15 is 0 Å². The second kappa shape index (κ2) is 7.49. The quantitative estimate of drug-likeness (QED) is 0.768. The van der Waals surface area contributed by atoms with Crippen molar-refractivity contribution in [3.05, 3.63) is 70.4 Å². The number of allylic oxidation sites excluding steroid dienone is 1. The number of ether oxygens (including phenoxy) is 1. The molecule has 26 heavy (non-hydrogen) atoms. The smallest absolute Gasteiger partial charge is 0.319 e. The molecule has 6 nitrogen and oxygen atoms in total. The Morgan fingerprint density at radius 3 is 2.69 bits per heavy atom. The summed E-state index contributed by atoms with van der Waals surface area (Å²) in [4.78, 5) is 24.9. The minimum Gasteiger partial charge on any atom is -0.496 e. The van der Waals surface area contributed by atoms with E-state index in [9.17, 15) is 9.59 Å². The number of hydrogen-bond donors (Lipinski definition) is 3. The third-order valence-electron chi connectivity index (χ3n) is 4.05. The number of hydrogen-bond acceptors (Lipinski definition) is 3. The number of urea groups is 1. The van der Waals surface area contributed by atoms with E-state index in [2.05, 4.69) is 16.0 Å². The Bertz CT molecular complexity index is 895. The zero-order valence-corrected chi connectivity index (χ0v) is 15.1. The normalized spacial score (nSPS) is 16.6. The molecule has 3 amide bonds. The van der Waals surface area contributed by atoms with Crippen LogP contribution in [0.1, 0.15) is 18.5 Å². The van der Waals surface area contributed by atoms with Crippen LogP contribution in [0.5, 0.6) is 5.75 Å². The van der Waals surface area contributed by atoms with Crippen molar-refractivity contribution in [2.75, 3.05) is 12.4 Å². The molecule has 0 radical (unpaired) electrons. The summed E-state index contributed by atoms with van der Waals surface area (Å²) in [6.07, 6.45) is 0. The first-order chi connectivity index (χ1) is 12.5. The Balaban J connectivity index is 1.99. The average molecular weight is 372 g/mol. The second-order valence-electron chi connectivity index (χ2n) is 5.78. The third kappa shape index (κ3) is 3.65. The van der Waals surface area contributed by atoms with Gasteiger partial charge in [-0.15, -0.1) is 0 Å². The molecule has 2 aromatic rings. The number of anilines is 1. The van der Waals surface area contributed by atoms with E-state index in [4.69, 9.17) is 16.3 Å². The van der Waals surface area contributed by atoms with Gasteiger partial charge >= 0.3 is 6.03 Å². The van der Waals surface area contributed by atoms with Crippen molar-refractivity contribution in [1.82, 2.24) is 10.6 Å². The summed E-state index contributed by atoms with van der Waals surface area (Å²) in [5.41, 5.74) is 2.14. The van der Waals surface area contributed by atoms with Crippen LogP contribution in [0, 0.1) is 0 Å².